The third-order valence-corrected chi connectivity index (χ3v) is 4.93. The fourth-order valence-electron chi connectivity index (χ4n) is 2.45. The second-order valence-corrected chi connectivity index (χ2v) is 7.00. The number of benzene rings is 2. The van der Waals surface area contributed by atoms with Crippen LogP contribution in [0.5, 0.6) is 5.75 Å². The van der Waals surface area contributed by atoms with Crippen LogP contribution in [0.1, 0.15) is 23.4 Å². The SMILES string of the molecule is C[C@H](Oc1ccc(Cl)cc1)C(=O)N[C@H](c1ccccc1)c1cccs1. The predicted molar refractivity (Wildman–Crippen MR) is 102 cm³/mol. The Bertz CT molecular complexity index is 803. The highest BCUT2D eigenvalue weighted by Gasteiger charge is 2.22. The third-order valence-electron chi connectivity index (χ3n) is 3.74. The van der Waals surface area contributed by atoms with Crippen LogP contribution < -0.4 is 10.1 Å². The van der Waals surface area contributed by atoms with Crippen molar-refractivity contribution in [2.24, 2.45) is 0 Å². The smallest absolute Gasteiger partial charge is 0.261 e. The van der Waals surface area contributed by atoms with Gasteiger partial charge in [-0.3, -0.25) is 4.79 Å². The summed E-state index contributed by atoms with van der Waals surface area (Å²) >= 11 is 7.49. The van der Waals surface area contributed by atoms with Gasteiger partial charge in [-0.05, 0) is 48.2 Å². The highest BCUT2D eigenvalue weighted by molar-refractivity contribution is 7.10. The molecule has 0 aliphatic rings. The third kappa shape index (κ3) is 4.62. The van der Waals surface area contributed by atoms with Crippen molar-refractivity contribution in [2.75, 3.05) is 0 Å². The Hall–Kier alpha value is -2.30. The van der Waals surface area contributed by atoms with Crippen molar-refractivity contribution < 1.29 is 9.53 Å². The van der Waals surface area contributed by atoms with Crippen LogP contribution in [0.4, 0.5) is 0 Å². The summed E-state index contributed by atoms with van der Waals surface area (Å²) in [6, 6.07) is 20.7. The molecule has 1 aromatic heterocycles. The van der Waals surface area contributed by atoms with Crippen molar-refractivity contribution in [3.8, 4) is 5.75 Å². The molecule has 2 aromatic carbocycles. The van der Waals surface area contributed by atoms with E-state index in [0.717, 1.165) is 10.4 Å². The molecule has 25 heavy (non-hydrogen) atoms. The van der Waals surface area contributed by atoms with Crippen LogP contribution in [0.2, 0.25) is 5.02 Å². The molecule has 3 nitrogen and oxygen atoms in total. The van der Waals surface area contributed by atoms with E-state index in [9.17, 15) is 4.79 Å². The fraction of sp³-hybridized carbons (Fsp3) is 0.150. The number of hydrogen-bond donors (Lipinski definition) is 1. The zero-order valence-corrected chi connectivity index (χ0v) is 15.3. The van der Waals surface area contributed by atoms with Crippen molar-refractivity contribution in [1.82, 2.24) is 5.32 Å². The average Bonchev–Trinajstić information content (AvgIpc) is 3.16. The number of ether oxygens (including phenoxy) is 1. The van der Waals surface area contributed by atoms with Crippen molar-refractivity contribution in [2.45, 2.75) is 19.1 Å². The molecule has 0 spiro atoms. The van der Waals surface area contributed by atoms with Crippen LogP contribution in [-0.4, -0.2) is 12.0 Å². The Morgan fingerprint density at radius 2 is 1.76 bits per heavy atom. The molecule has 3 aromatic rings. The molecular formula is C20H18ClNO2S. The van der Waals surface area contributed by atoms with Crippen LogP contribution in [0.3, 0.4) is 0 Å². The molecule has 2 atom stereocenters. The molecule has 1 heterocycles. The first-order valence-corrected chi connectivity index (χ1v) is 9.20. The minimum atomic E-state index is -0.618. The van der Waals surface area contributed by atoms with Gasteiger partial charge in [0.15, 0.2) is 6.10 Å². The molecule has 1 amide bonds. The van der Waals surface area contributed by atoms with Crippen molar-refractivity contribution in [3.63, 3.8) is 0 Å². The van der Waals surface area contributed by atoms with E-state index >= 15 is 0 Å². The van der Waals surface area contributed by atoms with E-state index in [1.807, 2.05) is 47.8 Å². The number of nitrogens with one attached hydrogen (secondary N) is 1. The quantitative estimate of drug-likeness (QED) is 0.656. The molecule has 128 valence electrons. The molecule has 5 heteroatoms. The molecule has 0 saturated heterocycles. The lowest BCUT2D eigenvalue weighted by molar-refractivity contribution is -0.127. The summed E-state index contributed by atoms with van der Waals surface area (Å²) in [6.45, 7) is 1.74. The largest absolute Gasteiger partial charge is 0.481 e. The number of thiophene rings is 1. The van der Waals surface area contributed by atoms with Crippen LogP contribution >= 0.6 is 22.9 Å². The molecule has 0 unspecified atom stereocenters. The molecule has 0 bridgehead atoms. The minimum Gasteiger partial charge on any atom is -0.481 e. The molecule has 0 saturated carbocycles. The van der Waals surface area contributed by atoms with Gasteiger partial charge in [0.25, 0.3) is 5.91 Å². The maximum absolute atomic E-state index is 12.6. The van der Waals surface area contributed by atoms with Crippen molar-refractivity contribution >= 4 is 28.8 Å². The number of halogens is 1. The number of carbonyl (C=O) groups excluding carboxylic acids is 1. The van der Waals surface area contributed by atoms with E-state index in [2.05, 4.69) is 5.32 Å². The highest BCUT2D eigenvalue weighted by Crippen LogP contribution is 2.26. The van der Waals surface area contributed by atoms with Gasteiger partial charge in [0.1, 0.15) is 5.75 Å². The number of amides is 1. The van der Waals surface area contributed by atoms with Crippen LogP contribution in [-0.2, 0) is 4.79 Å². The molecule has 0 aliphatic carbocycles. The standard InChI is InChI=1S/C20H18ClNO2S/c1-14(24-17-11-9-16(21)10-12-17)20(23)22-19(18-8-5-13-25-18)15-6-3-2-4-7-15/h2-14,19H,1H3,(H,22,23)/t14-,19+/m0/s1. The van der Waals surface area contributed by atoms with E-state index in [1.165, 1.54) is 0 Å². The van der Waals surface area contributed by atoms with Gasteiger partial charge in [0.2, 0.25) is 0 Å². The summed E-state index contributed by atoms with van der Waals surface area (Å²) in [4.78, 5) is 13.7. The molecule has 3 rings (SSSR count). The Kier molecular flexibility index (Phi) is 5.74. The summed E-state index contributed by atoms with van der Waals surface area (Å²) < 4.78 is 5.72. The molecular weight excluding hydrogens is 354 g/mol. The normalized spacial score (nSPS) is 13.0. The zero-order valence-electron chi connectivity index (χ0n) is 13.7. The monoisotopic (exact) mass is 371 g/mol. The number of rotatable bonds is 6. The maximum Gasteiger partial charge on any atom is 0.261 e. The lowest BCUT2D eigenvalue weighted by Gasteiger charge is -2.21. The lowest BCUT2D eigenvalue weighted by Crippen LogP contribution is -2.38. The molecule has 0 radical (unpaired) electrons. The first kappa shape index (κ1) is 17.5. The molecule has 0 fully saturated rings. The van der Waals surface area contributed by atoms with Crippen LogP contribution in [0.15, 0.2) is 72.1 Å². The Balaban J connectivity index is 1.73. The minimum absolute atomic E-state index is 0.169. The highest BCUT2D eigenvalue weighted by atomic mass is 35.5. The topological polar surface area (TPSA) is 38.3 Å². The fourth-order valence-corrected chi connectivity index (χ4v) is 3.38. The van der Waals surface area contributed by atoms with Crippen molar-refractivity contribution in [3.05, 3.63) is 87.6 Å². The zero-order chi connectivity index (χ0) is 17.6. The van der Waals surface area contributed by atoms with Gasteiger partial charge in [-0.2, -0.15) is 0 Å². The Labute approximate surface area is 156 Å². The summed E-state index contributed by atoms with van der Waals surface area (Å²) in [6.07, 6.45) is -0.618. The van der Waals surface area contributed by atoms with Gasteiger partial charge >= 0.3 is 0 Å². The van der Waals surface area contributed by atoms with Gasteiger partial charge in [-0.1, -0.05) is 48.0 Å². The summed E-state index contributed by atoms with van der Waals surface area (Å²) in [7, 11) is 0. The van der Waals surface area contributed by atoms with Gasteiger partial charge in [-0.15, -0.1) is 11.3 Å². The van der Waals surface area contributed by atoms with Crippen molar-refractivity contribution in [1.29, 1.82) is 0 Å². The molecule has 0 aliphatic heterocycles. The van der Waals surface area contributed by atoms with E-state index in [1.54, 1.807) is 42.5 Å². The number of carbonyl (C=O) groups is 1. The van der Waals surface area contributed by atoms with Crippen LogP contribution in [0.25, 0.3) is 0 Å². The number of hydrogen-bond acceptors (Lipinski definition) is 3. The second-order valence-electron chi connectivity index (χ2n) is 5.58. The predicted octanol–water partition coefficient (Wildman–Crippen LogP) is 5.07. The van der Waals surface area contributed by atoms with E-state index < -0.39 is 6.10 Å². The van der Waals surface area contributed by atoms with Gasteiger partial charge in [0, 0.05) is 9.90 Å². The average molecular weight is 372 g/mol. The summed E-state index contributed by atoms with van der Waals surface area (Å²) in [5, 5.41) is 5.72. The molecule has 1 N–H and O–H groups in total. The lowest BCUT2D eigenvalue weighted by atomic mass is 10.1. The van der Waals surface area contributed by atoms with E-state index in [4.69, 9.17) is 16.3 Å². The van der Waals surface area contributed by atoms with Gasteiger partial charge < -0.3 is 10.1 Å². The second kappa shape index (κ2) is 8.19. The Morgan fingerprint density at radius 3 is 2.40 bits per heavy atom. The first-order valence-electron chi connectivity index (χ1n) is 7.94. The van der Waals surface area contributed by atoms with Gasteiger partial charge in [-0.25, -0.2) is 0 Å². The van der Waals surface area contributed by atoms with Crippen LogP contribution in [0, 0.1) is 0 Å². The maximum atomic E-state index is 12.6. The van der Waals surface area contributed by atoms with Gasteiger partial charge in [0.05, 0.1) is 6.04 Å². The Morgan fingerprint density at radius 1 is 1.04 bits per heavy atom. The van der Waals surface area contributed by atoms with E-state index in [0.29, 0.717) is 10.8 Å². The first-order chi connectivity index (χ1) is 12.1. The summed E-state index contributed by atoms with van der Waals surface area (Å²) in [5.41, 5.74) is 1.04. The van der Waals surface area contributed by atoms with E-state index in [-0.39, 0.29) is 11.9 Å². The summed E-state index contributed by atoms with van der Waals surface area (Å²) in [5.74, 6) is 0.441.